The Morgan fingerprint density at radius 2 is 2.00 bits per heavy atom. The van der Waals surface area contributed by atoms with Crippen molar-refractivity contribution in [1.29, 1.82) is 0 Å². The lowest BCUT2D eigenvalue weighted by molar-refractivity contribution is -0.658. The van der Waals surface area contributed by atoms with E-state index in [2.05, 4.69) is 10.2 Å². The summed E-state index contributed by atoms with van der Waals surface area (Å²) in [5, 5.41) is 12.0. The number of nitrogens with one attached hydrogen (secondary N) is 1. The lowest BCUT2D eigenvalue weighted by Crippen LogP contribution is -2.44. The first kappa shape index (κ1) is 28.9. The lowest BCUT2D eigenvalue weighted by atomic mass is 9.98. The van der Waals surface area contributed by atoms with Crippen molar-refractivity contribution >= 4 is 23.4 Å². The van der Waals surface area contributed by atoms with E-state index in [0.29, 0.717) is 30.0 Å². The molecule has 0 radical (unpaired) electrons. The standard InChI is InChI=1S/C30H33F2N3O5/c1-3-14-30(31,32)40-26-9-4-6-22(17-26)28(36)33-24-10-11-27(34(2)19-24)35-15-12-21(13-16-35)20-39-25-8-5-7-23(18-25)29(37)38/h3-8,10-11,14,17-19,21,26H,9,12-13,15-16,20H2,1-2H3,(H-,33,36,37,38)/p+1. The molecule has 10 heteroatoms. The number of ether oxygens (including phenoxy) is 2. The summed E-state index contributed by atoms with van der Waals surface area (Å²) in [6.07, 6.45) is 6.19. The third kappa shape index (κ3) is 7.75. The van der Waals surface area contributed by atoms with Gasteiger partial charge in [0.2, 0.25) is 0 Å². The second-order valence-electron chi connectivity index (χ2n) is 9.89. The summed E-state index contributed by atoms with van der Waals surface area (Å²) in [5.74, 6) is 0.535. The number of hydrogen-bond acceptors (Lipinski definition) is 5. The fourth-order valence-corrected chi connectivity index (χ4v) is 4.79. The largest absolute Gasteiger partial charge is 0.493 e. The number of halogens is 2. The van der Waals surface area contributed by atoms with E-state index in [1.165, 1.54) is 31.2 Å². The third-order valence-corrected chi connectivity index (χ3v) is 6.83. The maximum absolute atomic E-state index is 13.8. The smallest absolute Gasteiger partial charge is 0.376 e. The monoisotopic (exact) mass is 554 g/mol. The molecule has 1 atom stereocenters. The zero-order valence-electron chi connectivity index (χ0n) is 22.6. The molecule has 1 aliphatic heterocycles. The van der Waals surface area contributed by atoms with Crippen LogP contribution in [0.2, 0.25) is 0 Å². The average molecular weight is 555 g/mol. The molecule has 40 heavy (non-hydrogen) atoms. The van der Waals surface area contributed by atoms with E-state index in [-0.39, 0.29) is 17.6 Å². The first-order valence-electron chi connectivity index (χ1n) is 13.2. The molecule has 1 unspecified atom stereocenters. The molecule has 2 aromatic rings. The van der Waals surface area contributed by atoms with Crippen LogP contribution < -0.4 is 19.5 Å². The lowest BCUT2D eigenvalue weighted by Gasteiger charge is -2.28. The van der Waals surface area contributed by atoms with E-state index >= 15 is 0 Å². The summed E-state index contributed by atoms with van der Waals surface area (Å²) in [5.41, 5.74) is 1.05. The van der Waals surface area contributed by atoms with Gasteiger partial charge in [0.15, 0.2) is 0 Å². The second kappa shape index (κ2) is 12.9. The number of piperidine rings is 1. The Morgan fingerprint density at radius 3 is 2.70 bits per heavy atom. The summed E-state index contributed by atoms with van der Waals surface area (Å²) >= 11 is 0. The van der Waals surface area contributed by atoms with E-state index in [1.54, 1.807) is 24.3 Å². The van der Waals surface area contributed by atoms with Gasteiger partial charge in [-0.1, -0.05) is 24.3 Å². The Bertz CT molecular complexity index is 1320. The van der Waals surface area contributed by atoms with Crippen molar-refractivity contribution in [3.63, 3.8) is 0 Å². The highest BCUT2D eigenvalue weighted by molar-refractivity contribution is 6.05. The minimum Gasteiger partial charge on any atom is -0.493 e. The van der Waals surface area contributed by atoms with Gasteiger partial charge in [-0.25, -0.2) is 9.36 Å². The molecule has 2 heterocycles. The number of allylic oxidation sites excluding steroid dienone is 1. The maximum atomic E-state index is 13.8. The number of aryl methyl sites for hydroxylation is 1. The quantitative estimate of drug-likeness (QED) is 0.321. The Hall–Kier alpha value is -4.05. The first-order valence-corrected chi connectivity index (χ1v) is 13.2. The van der Waals surface area contributed by atoms with Crippen LogP contribution in [0.25, 0.3) is 0 Å². The molecule has 0 spiro atoms. The van der Waals surface area contributed by atoms with E-state index in [0.717, 1.165) is 31.7 Å². The molecule has 4 rings (SSSR count). The molecule has 1 aromatic carbocycles. The Labute approximate surface area is 232 Å². The highest BCUT2D eigenvalue weighted by atomic mass is 19.3. The van der Waals surface area contributed by atoms with Crippen LogP contribution in [0.15, 0.2) is 78.5 Å². The van der Waals surface area contributed by atoms with Crippen LogP contribution in [0.4, 0.5) is 20.3 Å². The summed E-state index contributed by atoms with van der Waals surface area (Å²) < 4.78 is 40.2. The highest BCUT2D eigenvalue weighted by Crippen LogP contribution is 2.26. The summed E-state index contributed by atoms with van der Waals surface area (Å²) in [6.45, 7) is 3.68. The molecule has 0 bridgehead atoms. The predicted octanol–water partition coefficient (Wildman–Crippen LogP) is 4.88. The maximum Gasteiger partial charge on any atom is 0.376 e. The number of rotatable bonds is 10. The molecule has 1 fully saturated rings. The van der Waals surface area contributed by atoms with Gasteiger partial charge in [-0.3, -0.25) is 9.69 Å². The summed E-state index contributed by atoms with van der Waals surface area (Å²) in [6, 6.07) is 10.3. The van der Waals surface area contributed by atoms with E-state index in [9.17, 15) is 18.4 Å². The summed E-state index contributed by atoms with van der Waals surface area (Å²) in [4.78, 5) is 26.2. The Balaban J connectivity index is 1.29. The molecule has 0 saturated carbocycles. The number of pyridine rings is 1. The molecular weight excluding hydrogens is 520 g/mol. The molecule has 2 aliphatic rings. The molecule has 1 saturated heterocycles. The molecule has 2 N–H and O–H groups in total. The summed E-state index contributed by atoms with van der Waals surface area (Å²) in [7, 11) is 1.91. The average Bonchev–Trinajstić information content (AvgIpc) is 2.92. The number of amides is 1. The second-order valence-corrected chi connectivity index (χ2v) is 9.89. The van der Waals surface area contributed by atoms with E-state index in [1.807, 2.05) is 29.9 Å². The topological polar surface area (TPSA) is 92.0 Å². The van der Waals surface area contributed by atoms with Gasteiger partial charge in [-0.2, -0.15) is 8.78 Å². The van der Waals surface area contributed by atoms with E-state index in [4.69, 9.17) is 14.6 Å². The molecular formula is C30H34F2N3O5+. The van der Waals surface area contributed by atoms with Gasteiger partial charge in [-0.05, 0) is 56.5 Å². The van der Waals surface area contributed by atoms with Crippen LogP contribution in [-0.4, -0.2) is 48.9 Å². The zero-order chi connectivity index (χ0) is 28.7. The number of aromatic carboxylic acids is 1. The van der Waals surface area contributed by atoms with Crippen LogP contribution >= 0.6 is 0 Å². The number of alkyl halides is 2. The first-order chi connectivity index (χ1) is 19.1. The number of carbonyl (C=O) groups is 2. The van der Waals surface area contributed by atoms with Crippen LogP contribution in [-0.2, 0) is 16.6 Å². The van der Waals surface area contributed by atoms with Crippen LogP contribution in [0.1, 0.15) is 36.5 Å². The van der Waals surface area contributed by atoms with Gasteiger partial charge in [0, 0.05) is 23.6 Å². The SMILES string of the molecule is CC=CC(F)(F)OC1C=C(C(=O)Nc2ccc(N3CCC(COc4cccc(C(=O)O)c4)CC3)[n+](C)c2)C=CC1. The van der Waals surface area contributed by atoms with Crippen molar-refractivity contribution in [1.82, 2.24) is 0 Å². The molecule has 1 aliphatic carbocycles. The highest BCUT2D eigenvalue weighted by Gasteiger charge is 2.31. The Kier molecular flexibility index (Phi) is 9.31. The number of carboxylic acids is 1. The number of anilines is 2. The number of benzene rings is 1. The molecule has 1 amide bonds. The number of hydrogen-bond donors (Lipinski definition) is 2. The zero-order valence-corrected chi connectivity index (χ0v) is 22.6. The molecule has 8 nitrogen and oxygen atoms in total. The van der Waals surface area contributed by atoms with Crippen LogP contribution in [0.3, 0.4) is 0 Å². The fourth-order valence-electron chi connectivity index (χ4n) is 4.79. The number of carbonyl (C=O) groups excluding carboxylic acids is 1. The normalized spacial score (nSPS) is 18.1. The van der Waals surface area contributed by atoms with Gasteiger partial charge in [0.25, 0.3) is 11.7 Å². The molecule has 212 valence electrons. The molecule has 1 aromatic heterocycles. The van der Waals surface area contributed by atoms with Gasteiger partial charge in [0.05, 0.1) is 44.1 Å². The van der Waals surface area contributed by atoms with Gasteiger partial charge >= 0.3 is 12.1 Å². The van der Waals surface area contributed by atoms with Crippen LogP contribution in [0, 0.1) is 5.92 Å². The minimum atomic E-state index is -3.40. The van der Waals surface area contributed by atoms with Crippen LogP contribution in [0.5, 0.6) is 5.75 Å². The number of carboxylic acid groups (broad SMARTS) is 1. The van der Waals surface area contributed by atoms with Crippen molar-refractivity contribution in [3.8, 4) is 5.75 Å². The van der Waals surface area contributed by atoms with Gasteiger partial charge in [-0.15, -0.1) is 0 Å². The minimum absolute atomic E-state index is 0.203. The van der Waals surface area contributed by atoms with Crippen molar-refractivity contribution in [3.05, 3.63) is 84.1 Å². The number of aromatic nitrogens is 1. The van der Waals surface area contributed by atoms with Crippen molar-refractivity contribution < 1.29 is 37.5 Å². The van der Waals surface area contributed by atoms with Crippen molar-refractivity contribution in [2.24, 2.45) is 13.0 Å². The van der Waals surface area contributed by atoms with Crippen molar-refractivity contribution in [2.45, 2.75) is 38.4 Å². The number of nitrogens with zero attached hydrogens (tertiary/aromatic N) is 2. The van der Waals surface area contributed by atoms with Gasteiger partial charge in [0.1, 0.15) is 11.9 Å². The Morgan fingerprint density at radius 1 is 1.23 bits per heavy atom. The van der Waals surface area contributed by atoms with Crippen molar-refractivity contribution in [2.75, 3.05) is 29.9 Å². The van der Waals surface area contributed by atoms with E-state index < -0.39 is 24.1 Å². The predicted molar refractivity (Wildman–Crippen MR) is 147 cm³/mol. The van der Waals surface area contributed by atoms with Gasteiger partial charge < -0.3 is 19.9 Å². The third-order valence-electron chi connectivity index (χ3n) is 6.83. The fraction of sp³-hybridized carbons (Fsp3) is 0.367.